The lowest BCUT2D eigenvalue weighted by Gasteiger charge is -2.29. The molecule has 2 nitrogen and oxygen atoms in total. The molecule has 2 heterocycles. The molecule has 3 heteroatoms. The molecule has 11 rings (SSSR count). The van der Waals surface area contributed by atoms with E-state index in [0.717, 1.165) is 57.1 Å². The van der Waals surface area contributed by atoms with Gasteiger partial charge in [0.2, 0.25) is 0 Å². The molecule has 0 atom stereocenters. The molecule has 1 aliphatic carbocycles. The Bertz CT molecular complexity index is 3200. The molecule has 0 unspecified atom stereocenters. The van der Waals surface area contributed by atoms with Gasteiger partial charge in [-0.15, -0.1) is 11.3 Å². The quantitative estimate of drug-likeness (QED) is 0.165. The second-order valence-corrected chi connectivity index (χ2v) is 17.7. The monoisotopic (exact) mass is 800 g/mol. The number of anilines is 5. The smallest absolute Gasteiger partial charge is 0.0640 e. The highest BCUT2D eigenvalue weighted by molar-refractivity contribution is 7.26. The largest absolute Gasteiger partial charge is 0.337 e. The summed E-state index contributed by atoms with van der Waals surface area (Å²) in [7, 11) is 0. The van der Waals surface area contributed by atoms with Crippen molar-refractivity contribution in [3.05, 3.63) is 235 Å². The molecule has 1 aliphatic heterocycles. The lowest BCUT2D eigenvalue weighted by Crippen LogP contribution is -2.18. The SMILES string of the molecule is C=C1/C=C(c2ccccc2)\C=C/CN(c2ccccc2)c2ccc(-c3ccc(N(c4ccc5c(c4)C(C)(C)c4ccccc4-5)c4cccc5c4sc4ccccc45)cc3)cc21. The summed E-state index contributed by atoms with van der Waals surface area (Å²) in [6.45, 7) is 10.1. The number of para-hydroxylation sites is 1. The molecule has 0 bridgehead atoms. The van der Waals surface area contributed by atoms with E-state index in [1.165, 1.54) is 53.7 Å². The van der Waals surface area contributed by atoms with Gasteiger partial charge >= 0.3 is 0 Å². The summed E-state index contributed by atoms with van der Waals surface area (Å²) in [6.07, 6.45) is 6.72. The molecule has 0 amide bonds. The van der Waals surface area contributed by atoms with E-state index in [1.54, 1.807) is 0 Å². The van der Waals surface area contributed by atoms with E-state index in [9.17, 15) is 0 Å². The number of hydrogen-bond donors (Lipinski definition) is 0. The summed E-state index contributed by atoms with van der Waals surface area (Å²) in [5.74, 6) is 0. The average molecular weight is 801 g/mol. The minimum absolute atomic E-state index is 0.113. The normalized spacial score (nSPS) is 15.5. The minimum atomic E-state index is -0.113. The molecule has 61 heavy (non-hydrogen) atoms. The van der Waals surface area contributed by atoms with E-state index in [-0.39, 0.29) is 5.41 Å². The molecule has 2 aliphatic rings. The molecule has 9 aromatic rings. The van der Waals surface area contributed by atoms with Gasteiger partial charge in [0.15, 0.2) is 0 Å². The lowest BCUT2D eigenvalue weighted by molar-refractivity contribution is 0.660. The molecular formula is C58H44N2S. The van der Waals surface area contributed by atoms with E-state index in [2.05, 4.69) is 237 Å². The third-order valence-corrected chi connectivity index (χ3v) is 13.8. The van der Waals surface area contributed by atoms with Crippen LogP contribution in [0, 0.1) is 0 Å². The van der Waals surface area contributed by atoms with E-state index >= 15 is 0 Å². The molecule has 0 fully saturated rings. The molecular weight excluding hydrogens is 757 g/mol. The number of benzene rings is 8. The van der Waals surface area contributed by atoms with Crippen LogP contribution in [0.4, 0.5) is 28.4 Å². The fourth-order valence-electron chi connectivity index (χ4n) is 9.54. The van der Waals surface area contributed by atoms with Gasteiger partial charge in [0, 0.05) is 55.7 Å². The van der Waals surface area contributed by atoms with Crippen molar-refractivity contribution in [1.29, 1.82) is 0 Å². The first kappa shape index (κ1) is 36.8. The molecule has 292 valence electrons. The number of allylic oxidation sites excluding steroid dienone is 4. The zero-order valence-electron chi connectivity index (χ0n) is 34.3. The summed E-state index contributed by atoms with van der Waals surface area (Å²) >= 11 is 1.87. The van der Waals surface area contributed by atoms with Crippen molar-refractivity contribution in [3.8, 4) is 22.3 Å². The fraction of sp³-hybridized carbons (Fsp3) is 0.0690. The highest BCUT2D eigenvalue weighted by Gasteiger charge is 2.36. The van der Waals surface area contributed by atoms with Crippen molar-refractivity contribution in [2.45, 2.75) is 19.3 Å². The zero-order valence-corrected chi connectivity index (χ0v) is 35.2. The van der Waals surface area contributed by atoms with Gasteiger partial charge in [-0.25, -0.2) is 0 Å². The maximum Gasteiger partial charge on any atom is 0.0640 e. The van der Waals surface area contributed by atoms with Crippen molar-refractivity contribution >= 4 is 71.1 Å². The summed E-state index contributed by atoms with van der Waals surface area (Å²) in [4.78, 5) is 4.85. The van der Waals surface area contributed by atoms with Crippen molar-refractivity contribution in [2.24, 2.45) is 0 Å². The number of rotatable bonds is 6. The molecule has 8 aromatic carbocycles. The van der Waals surface area contributed by atoms with Crippen LogP contribution in [0.3, 0.4) is 0 Å². The third-order valence-electron chi connectivity index (χ3n) is 12.6. The lowest BCUT2D eigenvalue weighted by atomic mass is 9.82. The van der Waals surface area contributed by atoms with Crippen molar-refractivity contribution < 1.29 is 0 Å². The van der Waals surface area contributed by atoms with Gasteiger partial charge in [-0.1, -0.05) is 160 Å². The molecule has 0 saturated heterocycles. The second-order valence-electron chi connectivity index (χ2n) is 16.6. The van der Waals surface area contributed by atoms with Gasteiger partial charge in [-0.2, -0.15) is 0 Å². The van der Waals surface area contributed by atoms with Crippen molar-refractivity contribution in [2.75, 3.05) is 16.3 Å². The van der Waals surface area contributed by atoms with Gasteiger partial charge in [0.25, 0.3) is 0 Å². The van der Waals surface area contributed by atoms with Crippen molar-refractivity contribution in [3.63, 3.8) is 0 Å². The first-order valence-corrected chi connectivity index (χ1v) is 21.9. The van der Waals surface area contributed by atoms with Gasteiger partial charge in [0.05, 0.1) is 10.4 Å². The van der Waals surface area contributed by atoms with Crippen LogP contribution in [0.25, 0.3) is 53.6 Å². The van der Waals surface area contributed by atoms with Gasteiger partial charge in [-0.3, -0.25) is 0 Å². The Hall–Kier alpha value is -7.20. The second kappa shape index (κ2) is 14.8. The van der Waals surface area contributed by atoms with Gasteiger partial charge < -0.3 is 9.80 Å². The number of nitrogens with zero attached hydrogens (tertiary/aromatic N) is 2. The highest BCUT2D eigenvalue weighted by Crippen LogP contribution is 2.52. The fourth-order valence-corrected chi connectivity index (χ4v) is 10.7. The zero-order chi connectivity index (χ0) is 41.1. The first-order valence-electron chi connectivity index (χ1n) is 21.1. The van der Waals surface area contributed by atoms with Crippen LogP contribution in [0.1, 0.15) is 36.1 Å². The van der Waals surface area contributed by atoms with Crippen molar-refractivity contribution in [1.82, 2.24) is 0 Å². The van der Waals surface area contributed by atoms with Crippen LogP contribution >= 0.6 is 11.3 Å². The minimum Gasteiger partial charge on any atom is -0.337 e. The Labute approximate surface area is 362 Å². The van der Waals surface area contributed by atoms with Gasteiger partial charge in [0.1, 0.15) is 0 Å². The van der Waals surface area contributed by atoms with Crippen LogP contribution in [-0.2, 0) is 5.41 Å². The molecule has 0 radical (unpaired) electrons. The number of thiophene rings is 1. The average Bonchev–Trinajstić information content (AvgIpc) is 3.82. The van der Waals surface area contributed by atoms with Crippen LogP contribution in [0.5, 0.6) is 0 Å². The number of fused-ring (bicyclic) bond motifs is 7. The Morgan fingerprint density at radius 2 is 1.25 bits per heavy atom. The highest BCUT2D eigenvalue weighted by atomic mass is 32.1. The Morgan fingerprint density at radius 1 is 0.557 bits per heavy atom. The maximum absolute atomic E-state index is 4.69. The van der Waals surface area contributed by atoms with E-state index < -0.39 is 0 Å². The molecule has 0 spiro atoms. The summed E-state index contributed by atoms with van der Waals surface area (Å²) in [6, 6.07) is 68.8. The number of hydrogen-bond acceptors (Lipinski definition) is 3. The van der Waals surface area contributed by atoms with E-state index in [1.807, 2.05) is 11.3 Å². The molecule has 1 aromatic heterocycles. The Kier molecular flexibility index (Phi) is 8.95. The van der Waals surface area contributed by atoms with E-state index in [0.29, 0.717) is 0 Å². The predicted octanol–water partition coefficient (Wildman–Crippen LogP) is 16.3. The Balaban J connectivity index is 1.03. The topological polar surface area (TPSA) is 6.48 Å². The Morgan fingerprint density at radius 3 is 2.08 bits per heavy atom. The predicted molar refractivity (Wildman–Crippen MR) is 263 cm³/mol. The summed E-state index contributed by atoms with van der Waals surface area (Å²) in [5, 5.41) is 2.59. The molecule has 0 N–H and O–H groups in total. The van der Waals surface area contributed by atoms with Gasteiger partial charge in [-0.05, 0) is 117 Å². The van der Waals surface area contributed by atoms with Crippen LogP contribution in [0.2, 0.25) is 0 Å². The first-order chi connectivity index (χ1) is 29.9. The summed E-state index contributed by atoms with van der Waals surface area (Å²) in [5.41, 5.74) is 17.7. The standard InChI is InChI=1S/C58H44N2S/c1-39-36-42(40-16-6-4-7-17-40)18-15-35-59(44-19-8-5-9-20-44)54-34-29-43(37-51(39)54)41-27-30-45(31-28-41)60(55-25-14-23-50-49-22-11-13-26-56(49)61-57(50)55)46-32-33-48-47-21-10-12-24-52(47)58(2,3)53(48)38-46/h4-34,36-38H,1,35H2,2-3H3/b18-15-,42-36+. The summed E-state index contributed by atoms with van der Waals surface area (Å²) < 4.78 is 2.58. The molecule has 0 saturated carbocycles. The van der Waals surface area contributed by atoms with E-state index in [4.69, 9.17) is 0 Å². The third kappa shape index (κ3) is 6.32. The van der Waals surface area contributed by atoms with Crippen LogP contribution in [-0.4, -0.2) is 6.54 Å². The van der Waals surface area contributed by atoms with Crippen LogP contribution < -0.4 is 9.80 Å². The van der Waals surface area contributed by atoms with Crippen LogP contribution in [0.15, 0.2) is 213 Å². The maximum atomic E-state index is 4.69.